The zero-order chi connectivity index (χ0) is 11.6. The van der Waals surface area contributed by atoms with E-state index in [0.717, 1.165) is 4.90 Å². The maximum absolute atomic E-state index is 10.9. The summed E-state index contributed by atoms with van der Waals surface area (Å²) in [4.78, 5) is 11.7. The highest BCUT2D eigenvalue weighted by Crippen LogP contribution is 2.34. The fraction of sp³-hybridized carbons (Fsp3) is 0.300. The van der Waals surface area contributed by atoms with Gasteiger partial charge < -0.3 is 10.8 Å². The Labute approximate surface area is 97.6 Å². The number of carboxylic acids is 1. The number of halogens is 1. The smallest absolute Gasteiger partial charge is 0.339 e. The summed E-state index contributed by atoms with van der Waals surface area (Å²) in [7, 11) is 0. The first-order valence-corrected chi connectivity index (χ1v) is 5.67. The van der Waals surface area contributed by atoms with Crippen LogP contribution in [0.25, 0.3) is 0 Å². The minimum atomic E-state index is -1.09. The molecule has 5 heteroatoms. The molecule has 0 fully saturated rings. The Kier molecular flexibility index (Phi) is 3.88. The monoisotopic (exact) mass is 245 g/mol. The summed E-state index contributed by atoms with van der Waals surface area (Å²) in [6.45, 7) is 4.03. The highest BCUT2D eigenvalue weighted by atomic mass is 35.5. The van der Waals surface area contributed by atoms with Crippen molar-refractivity contribution in [2.45, 2.75) is 24.0 Å². The van der Waals surface area contributed by atoms with Crippen molar-refractivity contribution in [2.24, 2.45) is 0 Å². The third-order valence-electron chi connectivity index (χ3n) is 1.73. The van der Waals surface area contributed by atoms with Crippen LogP contribution in [-0.4, -0.2) is 16.3 Å². The zero-order valence-electron chi connectivity index (χ0n) is 8.45. The van der Waals surface area contributed by atoms with E-state index in [0.29, 0.717) is 5.25 Å². The Morgan fingerprint density at radius 2 is 2.13 bits per heavy atom. The number of carbonyl (C=O) groups is 1. The fourth-order valence-corrected chi connectivity index (χ4v) is 2.28. The molecule has 15 heavy (non-hydrogen) atoms. The van der Waals surface area contributed by atoms with Crippen molar-refractivity contribution in [3.63, 3.8) is 0 Å². The number of thioether (sulfide) groups is 1. The lowest BCUT2D eigenvalue weighted by Crippen LogP contribution is -2.05. The standard InChI is InChI=1S/C10H12ClNO2S/c1-5(2)15-7-4-3-6(11)8(9(7)12)10(13)14/h3-5H,12H2,1-2H3,(H,13,14). The predicted octanol–water partition coefficient (Wildman–Crippen LogP) is 3.12. The number of rotatable bonds is 3. The first-order chi connectivity index (χ1) is 6.93. The van der Waals surface area contributed by atoms with E-state index in [1.165, 1.54) is 11.8 Å². The van der Waals surface area contributed by atoms with Gasteiger partial charge in [-0.15, -0.1) is 11.8 Å². The van der Waals surface area contributed by atoms with Gasteiger partial charge in [-0.3, -0.25) is 0 Å². The first-order valence-electron chi connectivity index (χ1n) is 4.41. The topological polar surface area (TPSA) is 63.3 Å². The minimum absolute atomic E-state index is 0.0117. The van der Waals surface area contributed by atoms with Gasteiger partial charge in [-0.25, -0.2) is 4.79 Å². The second kappa shape index (κ2) is 4.77. The summed E-state index contributed by atoms with van der Waals surface area (Å²) >= 11 is 7.28. The van der Waals surface area contributed by atoms with Crippen LogP contribution in [0.2, 0.25) is 5.02 Å². The van der Waals surface area contributed by atoms with Crippen LogP contribution >= 0.6 is 23.4 Å². The summed E-state index contributed by atoms with van der Waals surface area (Å²) in [6.07, 6.45) is 0. The van der Waals surface area contributed by atoms with Crippen LogP contribution in [-0.2, 0) is 0 Å². The molecular weight excluding hydrogens is 234 g/mol. The summed E-state index contributed by atoms with van der Waals surface area (Å²) in [5.41, 5.74) is 5.98. The van der Waals surface area contributed by atoms with Gasteiger partial charge in [0.1, 0.15) is 5.56 Å². The number of hydrogen-bond acceptors (Lipinski definition) is 3. The molecule has 1 rings (SSSR count). The Hall–Kier alpha value is -0.870. The fourth-order valence-electron chi connectivity index (χ4n) is 1.15. The molecule has 0 saturated carbocycles. The molecule has 0 aliphatic carbocycles. The van der Waals surface area contributed by atoms with Crippen LogP contribution in [0.1, 0.15) is 24.2 Å². The van der Waals surface area contributed by atoms with Gasteiger partial charge >= 0.3 is 5.97 Å². The lowest BCUT2D eigenvalue weighted by molar-refractivity contribution is 0.0698. The summed E-state index contributed by atoms with van der Waals surface area (Å²) in [5, 5.41) is 9.45. The van der Waals surface area contributed by atoms with Gasteiger partial charge in [-0.05, 0) is 12.1 Å². The van der Waals surface area contributed by atoms with Crippen molar-refractivity contribution < 1.29 is 9.90 Å². The number of nitrogen functional groups attached to an aromatic ring is 1. The van der Waals surface area contributed by atoms with Gasteiger partial charge in [0, 0.05) is 10.1 Å². The summed E-state index contributed by atoms with van der Waals surface area (Å²) in [6, 6.07) is 3.31. The molecule has 82 valence electrons. The van der Waals surface area contributed by atoms with E-state index < -0.39 is 5.97 Å². The SMILES string of the molecule is CC(C)Sc1ccc(Cl)c(C(=O)O)c1N. The summed E-state index contributed by atoms with van der Waals surface area (Å²) < 4.78 is 0. The first kappa shape index (κ1) is 12.2. The number of benzene rings is 1. The maximum Gasteiger partial charge on any atom is 0.339 e. The van der Waals surface area contributed by atoms with Crippen molar-refractivity contribution in [3.8, 4) is 0 Å². The largest absolute Gasteiger partial charge is 0.478 e. The van der Waals surface area contributed by atoms with E-state index in [2.05, 4.69) is 0 Å². The number of nitrogens with two attached hydrogens (primary N) is 1. The van der Waals surface area contributed by atoms with Crippen molar-refractivity contribution in [1.29, 1.82) is 0 Å². The van der Waals surface area contributed by atoms with Gasteiger partial charge in [0.2, 0.25) is 0 Å². The Bertz CT molecular complexity index is 393. The van der Waals surface area contributed by atoms with Crippen molar-refractivity contribution >= 4 is 35.0 Å². The van der Waals surface area contributed by atoms with Gasteiger partial charge in [0.05, 0.1) is 10.7 Å². The average Bonchev–Trinajstić information content (AvgIpc) is 2.09. The summed E-state index contributed by atoms with van der Waals surface area (Å²) in [5.74, 6) is -1.09. The molecule has 0 saturated heterocycles. The van der Waals surface area contributed by atoms with Crippen LogP contribution in [0.15, 0.2) is 17.0 Å². The molecule has 0 aromatic heterocycles. The molecule has 0 atom stereocenters. The van der Waals surface area contributed by atoms with Crippen LogP contribution in [0.3, 0.4) is 0 Å². The molecular formula is C10H12ClNO2S. The lowest BCUT2D eigenvalue weighted by atomic mass is 10.2. The third kappa shape index (κ3) is 2.79. The molecule has 0 unspecified atom stereocenters. The van der Waals surface area contributed by atoms with Crippen molar-refractivity contribution in [2.75, 3.05) is 5.73 Å². The quantitative estimate of drug-likeness (QED) is 0.634. The van der Waals surface area contributed by atoms with E-state index in [1.54, 1.807) is 12.1 Å². The average molecular weight is 246 g/mol. The van der Waals surface area contributed by atoms with E-state index in [-0.39, 0.29) is 16.3 Å². The molecule has 0 radical (unpaired) electrons. The van der Waals surface area contributed by atoms with Crippen LogP contribution in [0, 0.1) is 0 Å². The molecule has 0 aliphatic rings. The molecule has 0 bridgehead atoms. The zero-order valence-corrected chi connectivity index (χ0v) is 10.0. The van der Waals surface area contributed by atoms with Crippen LogP contribution in [0.4, 0.5) is 5.69 Å². The second-order valence-corrected chi connectivity index (χ2v) is 5.33. The number of hydrogen-bond donors (Lipinski definition) is 2. The minimum Gasteiger partial charge on any atom is -0.478 e. The predicted molar refractivity (Wildman–Crippen MR) is 63.8 cm³/mol. The highest BCUT2D eigenvalue weighted by molar-refractivity contribution is 8.00. The van der Waals surface area contributed by atoms with E-state index in [9.17, 15) is 4.79 Å². The molecule has 3 nitrogen and oxygen atoms in total. The Morgan fingerprint density at radius 3 is 2.60 bits per heavy atom. The van der Waals surface area contributed by atoms with Crippen LogP contribution in [0.5, 0.6) is 0 Å². The molecule has 0 amide bonds. The Balaban J connectivity index is 3.22. The number of anilines is 1. The lowest BCUT2D eigenvalue weighted by Gasteiger charge is -2.11. The number of carboxylic acid groups (broad SMARTS) is 1. The van der Waals surface area contributed by atoms with Crippen molar-refractivity contribution in [3.05, 3.63) is 22.7 Å². The van der Waals surface area contributed by atoms with Gasteiger partial charge in [0.25, 0.3) is 0 Å². The third-order valence-corrected chi connectivity index (χ3v) is 3.13. The molecule has 0 heterocycles. The van der Waals surface area contributed by atoms with Gasteiger partial charge in [0.15, 0.2) is 0 Å². The van der Waals surface area contributed by atoms with Gasteiger partial charge in [-0.2, -0.15) is 0 Å². The molecule has 1 aromatic rings. The molecule has 0 aliphatic heterocycles. The highest BCUT2D eigenvalue weighted by Gasteiger charge is 2.16. The van der Waals surface area contributed by atoms with Gasteiger partial charge in [-0.1, -0.05) is 25.4 Å². The normalized spacial score (nSPS) is 10.7. The van der Waals surface area contributed by atoms with E-state index in [4.69, 9.17) is 22.4 Å². The molecule has 3 N–H and O–H groups in total. The van der Waals surface area contributed by atoms with Crippen LogP contribution < -0.4 is 5.73 Å². The molecule has 1 aromatic carbocycles. The van der Waals surface area contributed by atoms with E-state index >= 15 is 0 Å². The Morgan fingerprint density at radius 1 is 1.53 bits per heavy atom. The maximum atomic E-state index is 10.9. The second-order valence-electron chi connectivity index (χ2n) is 3.31. The molecule has 0 spiro atoms. The van der Waals surface area contributed by atoms with E-state index in [1.807, 2.05) is 13.8 Å². The number of aromatic carboxylic acids is 1. The van der Waals surface area contributed by atoms with Crippen molar-refractivity contribution in [1.82, 2.24) is 0 Å².